The third kappa shape index (κ3) is 8.93. The lowest BCUT2D eigenvalue weighted by Crippen LogP contribution is -2.31. The maximum absolute atomic E-state index is 14.7. The summed E-state index contributed by atoms with van der Waals surface area (Å²) in [7, 11) is 0. The van der Waals surface area contributed by atoms with Gasteiger partial charge in [0, 0.05) is 136 Å². The fourth-order valence-corrected chi connectivity index (χ4v) is 12.2. The summed E-state index contributed by atoms with van der Waals surface area (Å²) in [6, 6.07) is 27.0. The molecule has 5 amide bonds. The number of phenols is 3. The largest absolute Gasteiger partial charge is 0.507 e. The molecular weight excluding hydrogens is 1040 g/mol. The Morgan fingerprint density at radius 1 is 0.636 bits per heavy atom. The number of alkyl halides is 3. The van der Waals surface area contributed by atoms with Gasteiger partial charge < -0.3 is 51.4 Å². The van der Waals surface area contributed by atoms with Gasteiger partial charge in [0.25, 0.3) is 17.7 Å². The van der Waals surface area contributed by atoms with Gasteiger partial charge in [0.05, 0.1) is 29.3 Å². The van der Waals surface area contributed by atoms with Crippen molar-refractivity contribution in [2.75, 3.05) is 63.8 Å². The van der Waals surface area contributed by atoms with E-state index in [2.05, 4.69) is 15.6 Å². The van der Waals surface area contributed by atoms with E-state index < -0.39 is 5.91 Å². The number of H-pyrrole nitrogens is 1. The van der Waals surface area contributed by atoms with Crippen molar-refractivity contribution in [2.45, 2.75) is 43.9 Å². The van der Waals surface area contributed by atoms with E-state index in [0.29, 0.717) is 95.0 Å². The number of amides is 5. The van der Waals surface area contributed by atoms with Gasteiger partial charge in [0.1, 0.15) is 22.9 Å². The van der Waals surface area contributed by atoms with Gasteiger partial charge in [-0.3, -0.25) is 29.4 Å². The van der Waals surface area contributed by atoms with Gasteiger partial charge in [0.15, 0.2) is 0 Å². The van der Waals surface area contributed by atoms with Gasteiger partial charge in [-0.05, 0) is 99.1 Å². The molecule has 3 aliphatic rings. The standard InChI is InChI=1S/C58H51Cl3N8O8/c1-2-51(73)65-35-6-10-42-31(15-35)18-43(66-42)58(77)69-27-34(24-61)53-39-13-28(3-7-36(39)48(71)21-46(53)69)14-52(74)67-25-32(22-59)54-41-17-30(5-9-38(41)47(70)19-44(54)67)57(76)68-26-33(23-60)55-40-16-29(56(75)64-12-11-50(62)63)4-8-37(40)49(72)20-45(55)68/h3-10,13,15-21,32-34,66,70-72H,2,11-12,14,22-27H2,1H3,(H3,62,63)(H,64,75)(H,65,73). The number of fused-ring (bicyclic) bond motifs is 10. The molecule has 0 aliphatic carbocycles. The van der Waals surface area contributed by atoms with Crippen molar-refractivity contribution < 1.29 is 39.3 Å². The second-order valence-electron chi connectivity index (χ2n) is 19.9. The lowest BCUT2D eigenvalue weighted by atomic mass is 9.93. The fraction of sp³-hybridized carbons (Fsp3) is 0.241. The fourth-order valence-electron chi connectivity index (χ4n) is 11.4. The molecule has 9 N–H and O–H groups in total. The first-order valence-electron chi connectivity index (χ1n) is 25.1. The van der Waals surface area contributed by atoms with Crippen LogP contribution in [-0.4, -0.2) is 99.5 Å². The maximum Gasteiger partial charge on any atom is 0.274 e. The van der Waals surface area contributed by atoms with Crippen molar-refractivity contribution in [3.8, 4) is 17.2 Å². The molecule has 19 heteroatoms. The van der Waals surface area contributed by atoms with Gasteiger partial charge in [-0.25, -0.2) is 0 Å². The summed E-state index contributed by atoms with van der Waals surface area (Å²) in [6.45, 7) is 2.57. The van der Waals surface area contributed by atoms with E-state index in [1.165, 1.54) is 6.07 Å². The molecule has 77 heavy (non-hydrogen) atoms. The van der Waals surface area contributed by atoms with E-state index in [-0.39, 0.29) is 127 Å². The van der Waals surface area contributed by atoms with Crippen LogP contribution in [0.4, 0.5) is 22.7 Å². The van der Waals surface area contributed by atoms with Crippen molar-refractivity contribution in [1.82, 2.24) is 10.3 Å². The van der Waals surface area contributed by atoms with Crippen LogP contribution in [0.15, 0.2) is 97.1 Å². The predicted octanol–water partition coefficient (Wildman–Crippen LogP) is 10.0. The lowest BCUT2D eigenvalue weighted by molar-refractivity contribution is -0.118. The summed E-state index contributed by atoms with van der Waals surface area (Å²) >= 11 is 19.9. The second kappa shape index (κ2) is 20.1. The van der Waals surface area contributed by atoms with Crippen molar-refractivity contribution in [3.63, 3.8) is 0 Å². The van der Waals surface area contributed by atoms with Crippen LogP contribution in [0.2, 0.25) is 0 Å². The molecule has 11 rings (SSSR count). The number of nitrogens with one attached hydrogen (secondary N) is 4. The molecule has 392 valence electrons. The summed E-state index contributed by atoms with van der Waals surface area (Å²) in [6.07, 6.45) is 0.442. The number of carbonyl (C=O) groups excluding carboxylic acids is 5. The lowest BCUT2D eigenvalue weighted by Gasteiger charge is -2.20. The number of aromatic amines is 1. The Morgan fingerprint density at radius 3 is 1.73 bits per heavy atom. The number of rotatable bonds is 13. The average molecular weight is 1090 g/mol. The van der Waals surface area contributed by atoms with Gasteiger partial charge in [-0.2, -0.15) is 0 Å². The van der Waals surface area contributed by atoms with E-state index in [0.717, 1.165) is 10.9 Å². The molecule has 3 aliphatic heterocycles. The highest BCUT2D eigenvalue weighted by Crippen LogP contribution is 2.50. The number of nitrogens with zero attached hydrogens (tertiary/aromatic N) is 3. The Kier molecular flexibility index (Phi) is 13.4. The normalized spacial score (nSPS) is 16.6. The van der Waals surface area contributed by atoms with Gasteiger partial charge in [-0.15, -0.1) is 34.8 Å². The Hall–Kier alpha value is -8.05. The number of hydrogen-bond donors (Lipinski definition) is 8. The van der Waals surface area contributed by atoms with Gasteiger partial charge >= 0.3 is 0 Å². The zero-order valence-electron chi connectivity index (χ0n) is 41.5. The minimum Gasteiger partial charge on any atom is -0.507 e. The molecule has 0 bridgehead atoms. The van der Waals surface area contributed by atoms with Crippen molar-refractivity contribution >= 4 is 136 Å². The summed E-state index contributed by atoms with van der Waals surface area (Å²) in [5, 5.41) is 51.3. The molecule has 3 atom stereocenters. The quantitative estimate of drug-likeness (QED) is 0.0311. The van der Waals surface area contributed by atoms with E-state index in [4.69, 9.17) is 45.9 Å². The number of aromatic hydroxyl groups is 3. The first-order chi connectivity index (χ1) is 37.1. The van der Waals surface area contributed by atoms with E-state index in [1.807, 2.05) is 6.07 Å². The predicted molar refractivity (Wildman–Crippen MR) is 303 cm³/mol. The van der Waals surface area contributed by atoms with Crippen molar-refractivity contribution in [1.29, 1.82) is 5.41 Å². The number of phenolic OH excluding ortho intramolecular Hbond substituents is 3. The monoisotopic (exact) mass is 1090 g/mol. The van der Waals surface area contributed by atoms with Crippen molar-refractivity contribution in [3.05, 3.63) is 136 Å². The van der Waals surface area contributed by atoms with Crippen LogP contribution >= 0.6 is 34.8 Å². The molecule has 0 radical (unpaired) electrons. The maximum atomic E-state index is 14.7. The summed E-state index contributed by atoms with van der Waals surface area (Å²) in [5.74, 6) is -2.41. The highest BCUT2D eigenvalue weighted by atomic mass is 35.5. The summed E-state index contributed by atoms with van der Waals surface area (Å²) in [5.41, 5.74) is 11.9. The molecule has 0 fully saturated rings. The highest BCUT2D eigenvalue weighted by Gasteiger charge is 2.39. The number of anilines is 4. The number of halogens is 3. The zero-order chi connectivity index (χ0) is 54.1. The topological polar surface area (TPSA) is 245 Å². The van der Waals surface area contributed by atoms with Crippen LogP contribution in [0.5, 0.6) is 17.2 Å². The number of aromatic nitrogens is 1. The third-order valence-corrected chi connectivity index (χ3v) is 16.2. The van der Waals surface area contributed by atoms with Crippen LogP contribution in [0.3, 0.4) is 0 Å². The first kappa shape index (κ1) is 51.1. The van der Waals surface area contributed by atoms with Crippen molar-refractivity contribution in [2.24, 2.45) is 5.73 Å². The van der Waals surface area contributed by atoms with Crippen LogP contribution < -0.4 is 31.1 Å². The minimum atomic E-state index is -0.396. The smallest absolute Gasteiger partial charge is 0.274 e. The molecule has 1 aromatic heterocycles. The molecule has 8 aromatic rings. The van der Waals surface area contributed by atoms with Crippen LogP contribution in [0.25, 0.3) is 43.2 Å². The van der Waals surface area contributed by atoms with Crippen LogP contribution in [0.1, 0.15) is 91.0 Å². The van der Waals surface area contributed by atoms with Gasteiger partial charge in [0.2, 0.25) is 11.8 Å². The SMILES string of the molecule is CCC(=O)Nc1ccc2[nH]c(C(=O)N3CC(CCl)c4c3cc(O)c3ccc(CC(=O)N5CC(CCl)c6c5cc(O)c5ccc(C(=O)N7CC(CCl)c8c7cc(O)c7ccc(C(=O)NCCC(=N)N)cc87)cc65)cc43)cc2c1. The van der Waals surface area contributed by atoms with Crippen LogP contribution in [0, 0.1) is 5.41 Å². The van der Waals surface area contributed by atoms with E-state index >= 15 is 0 Å². The molecule has 4 heterocycles. The molecule has 16 nitrogen and oxygen atoms in total. The zero-order valence-corrected chi connectivity index (χ0v) is 43.7. The molecule has 3 unspecified atom stereocenters. The molecule has 0 saturated heterocycles. The number of nitrogens with two attached hydrogens (primary N) is 1. The molecule has 0 saturated carbocycles. The molecule has 0 spiro atoms. The Balaban J connectivity index is 0.885. The molecular formula is C58H51Cl3N8O8. The first-order valence-corrected chi connectivity index (χ1v) is 26.7. The summed E-state index contributed by atoms with van der Waals surface area (Å²) < 4.78 is 0. The van der Waals surface area contributed by atoms with Crippen LogP contribution in [-0.2, 0) is 16.0 Å². The number of hydrogen-bond acceptors (Lipinski definition) is 9. The number of amidine groups is 1. The summed E-state index contributed by atoms with van der Waals surface area (Å²) in [4.78, 5) is 76.8. The Labute approximate surface area is 455 Å². The minimum absolute atomic E-state index is 0.0468. The van der Waals surface area contributed by atoms with E-state index in [9.17, 15) is 39.3 Å². The van der Waals surface area contributed by atoms with Gasteiger partial charge in [-0.1, -0.05) is 25.1 Å². The highest BCUT2D eigenvalue weighted by molar-refractivity contribution is 6.21. The Morgan fingerprint density at radius 2 is 1.16 bits per heavy atom. The molecule has 7 aromatic carbocycles. The number of benzene rings is 7. The average Bonchev–Trinajstić information content (AvgIpc) is 4.35. The Bertz CT molecular complexity index is 3860. The third-order valence-electron chi connectivity index (χ3n) is 15.1. The van der Waals surface area contributed by atoms with E-state index in [1.54, 1.807) is 107 Å². The number of carbonyl (C=O) groups is 5. The second-order valence-corrected chi connectivity index (χ2v) is 20.8.